The van der Waals surface area contributed by atoms with Crippen molar-refractivity contribution in [1.82, 2.24) is 4.90 Å². The highest BCUT2D eigenvalue weighted by molar-refractivity contribution is 5.95. The summed E-state index contributed by atoms with van der Waals surface area (Å²) in [6.45, 7) is 2.30. The van der Waals surface area contributed by atoms with E-state index in [1.165, 1.54) is 17.0 Å². The van der Waals surface area contributed by atoms with E-state index >= 15 is 0 Å². The molecule has 1 aliphatic rings. The predicted octanol–water partition coefficient (Wildman–Crippen LogP) is 2.26. The lowest BCUT2D eigenvalue weighted by molar-refractivity contribution is 0.0760. The minimum atomic E-state index is -0.515. The number of hydrogen-bond acceptors (Lipinski definition) is 2. The lowest BCUT2D eigenvalue weighted by Crippen LogP contribution is -2.35. The van der Waals surface area contributed by atoms with Crippen LogP contribution in [-0.4, -0.2) is 23.4 Å². The van der Waals surface area contributed by atoms with Gasteiger partial charge in [0.1, 0.15) is 11.9 Å². The number of hydrogen-bond donors (Lipinski definition) is 0. The minimum absolute atomic E-state index is 0.0535. The number of nitrogens with zero attached hydrogens (tertiary/aromatic N) is 2. The lowest BCUT2D eigenvalue weighted by atomic mass is 10.1. The van der Waals surface area contributed by atoms with Crippen LogP contribution in [0, 0.1) is 24.1 Å². The van der Waals surface area contributed by atoms with Crippen LogP contribution in [0.1, 0.15) is 28.8 Å². The fourth-order valence-corrected chi connectivity index (χ4v) is 2.09. The van der Waals surface area contributed by atoms with Crippen LogP contribution in [-0.2, 0) is 0 Å². The van der Waals surface area contributed by atoms with Gasteiger partial charge in [0, 0.05) is 6.54 Å². The molecule has 4 heteroatoms. The molecular weight excluding hydrogens is 219 g/mol. The van der Waals surface area contributed by atoms with Crippen molar-refractivity contribution in [2.75, 3.05) is 6.54 Å². The number of carbonyl (C=O) groups is 1. The summed E-state index contributed by atoms with van der Waals surface area (Å²) >= 11 is 0. The van der Waals surface area contributed by atoms with Crippen LogP contribution in [0.3, 0.4) is 0 Å². The zero-order chi connectivity index (χ0) is 12.4. The van der Waals surface area contributed by atoms with E-state index in [0.29, 0.717) is 13.0 Å². The maximum absolute atomic E-state index is 13.7. The highest BCUT2D eigenvalue weighted by Crippen LogP contribution is 2.21. The number of nitriles is 1. The van der Waals surface area contributed by atoms with Crippen LogP contribution in [0.4, 0.5) is 4.39 Å². The molecule has 0 aromatic heterocycles. The first-order chi connectivity index (χ1) is 8.13. The normalized spacial score (nSPS) is 19.1. The summed E-state index contributed by atoms with van der Waals surface area (Å²) in [5.41, 5.74) is 0.829. The van der Waals surface area contributed by atoms with E-state index in [-0.39, 0.29) is 11.5 Å². The third-order valence-electron chi connectivity index (χ3n) is 3.02. The maximum atomic E-state index is 13.7. The molecule has 17 heavy (non-hydrogen) atoms. The Kier molecular flexibility index (Phi) is 3.10. The van der Waals surface area contributed by atoms with Crippen molar-refractivity contribution in [3.8, 4) is 6.07 Å². The molecule has 1 aromatic carbocycles. The summed E-state index contributed by atoms with van der Waals surface area (Å²) in [6.07, 6.45) is 1.48. The molecule has 0 aliphatic carbocycles. The van der Waals surface area contributed by atoms with Gasteiger partial charge in [0.2, 0.25) is 0 Å². The highest BCUT2D eigenvalue weighted by Gasteiger charge is 2.30. The van der Waals surface area contributed by atoms with E-state index in [4.69, 9.17) is 5.26 Å². The molecule has 3 nitrogen and oxygen atoms in total. The standard InChI is InChI=1S/C13H13FN2O/c1-9-4-5-11(12(14)7-9)13(17)16-6-2-3-10(16)8-15/h4-5,7,10H,2-3,6H2,1H3. The van der Waals surface area contributed by atoms with E-state index < -0.39 is 11.9 Å². The Morgan fingerprint density at radius 1 is 1.59 bits per heavy atom. The number of halogens is 1. The molecule has 88 valence electrons. The van der Waals surface area contributed by atoms with Crippen LogP contribution in [0.25, 0.3) is 0 Å². The van der Waals surface area contributed by atoms with Crippen molar-refractivity contribution in [2.45, 2.75) is 25.8 Å². The van der Waals surface area contributed by atoms with Crippen LogP contribution >= 0.6 is 0 Å². The summed E-state index contributed by atoms with van der Waals surface area (Å²) in [6, 6.07) is 6.19. The minimum Gasteiger partial charge on any atom is -0.323 e. The Hall–Kier alpha value is -1.89. The van der Waals surface area contributed by atoms with E-state index in [1.807, 2.05) is 0 Å². The molecule has 0 radical (unpaired) electrons. The van der Waals surface area contributed by atoms with Crippen LogP contribution in [0.15, 0.2) is 18.2 Å². The smallest absolute Gasteiger partial charge is 0.257 e. The van der Waals surface area contributed by atoms with Gasteiger partial charge in [-0.25, -0.2) is 4.39 Å². The Morgan fingerprint density at radius 2 is 2.35 bits per heavy atom. The highest BCUT2D eigenvalue weighted by atomic mass is 19.1. The second kappa shape index (κ2) is 4.54. The first-order valence-corrected chi connectivity index (χ1v) is 5.60. The van der Waals surface area contributed by atoms with Crippen molar-refractivity contribution in [1.29, 1.82) is 5.26 Å². The number of carbonyl (C=O) groups excluding carboxylic acids is 1. The molecule has 2 rings (SSSR count). The fourth-order valence-electron chi connectivity index (χ4n) is 2.09. The zero-order valence-electron chi connectivity index (χ0n) is 9.61. The van der Waals surface area contributed by atoms with Crippen LogP contribution < -0.4 is 0 Å². The first kappa shape index (κ1) is 11.6. The van der Waals surface area contributed by atoms with Gasteiger partial charge in [-0.1, -0.05) is 6.07 Å². The quantitative estimate of drug-likeness (QED) is 0.745. The number of benzene rings is 1. The molecular formula is C13H13FN2O. The molecule has 1 aliphatic heterocycles. The van der Waals surface area contributed by atoms with Crippen molar-refractivity contribution in [3.63, 3.8) is 0 Å². The number of likely N-dealkylation sites (tertiary alicyclic amines) is 1. The Balaban J connectivity index is 2.28. The van der Waals surface area contributed by atoms with Crippen molar-refractivity contribution in [2.24, 2.45) is 0 Å². The second-order valence-electron chi connectivity index (χ2n) is 4.27. The predicted molar refractivity (Wildman–Crippen MR) is 60.8 cm³/mol. The summed E-state index contributed by atoms with van der Waals surface area (Å²) in [5, 5.41) is 8.91. The topological polar surface area (TPSA) is 44.1 Å². The van der Waals surface area contributed by atoms with E-state index in [9.17, 15) is 9.18 Å². The molecule has 0 bridgehead atoms. The van der Waals surface area contributed by atoms with Gasteiger partial charge in [-0.2, -0.15) is 5.26 Å². The number of rotatable bonds is 1. The molecule has 1 heterocycles. The molecule has 1 amide bonds. The van der Waals surface area contributed by atoms with Crippen LogP contribution in [0.2, 0.25) is 0 Å². The first-order valence-electron chi connectivity index (χ1n) is 5.60. The molecule has 1 saturated heterocycles. The molecule has 1 fully saturated rings. The third kappa shape index (κ3) is 2.14. The average molecular weight is 232 g/mol. The van der Waals surface area contributed by atoms with Gasteiger partial charge in [0.05, 0.1) is 11.6 Å². The van der Waals surface area contributed by atoms with E-state index in [0.717, 1.165) is 12.0 Å². The monoisotopic (exact) mass is 232 g/mol. The summed E-state index contributed by atoms with van der Waals surface area (Å²) in [4.78, 5) is 13.5. The Labute approximate surface area is 99.5 Å². The summed E-state index contributed by atoms with van der Waals surface area (Å²) in [5.74, 6) is -0.898. The number of aryl methyl sites for hydroxylation is 1. The van der Waals surface area contributed by atoms with E-state index in [2.05, 4.69) is 6.07 Å². The van der Waals surface area contributed by atoms with Gasteiger partial charge in [0.25, 0.3) is 5.91 Å². The van der Waals surface area contributed by atoms with Crippen molar-refractivity contribution in [3.05, 3.63) is 35.1 Å². The van der Waals surface area contributed by atoms with Gasteiger partial charge in [0.15, 0.2) is 0 Å². The van der Waals surface area contributed by atoms with Gasteiger partial charge >= 0.3 is 0 Å². The summed E-state index contributed by atoms with van der Waals surface area (Å²) < 4.78 is 13.7. The van der Waals surface area contributed by atoms with Gasteiger partial charge in [-0.05, 0) is 37.5 Å². The Bertz CT molecular complexity index is 493. The zero-order valence-corrected chi connectivity index (χ0v) is 9.61. The second-order valence-corrected chi connectivity index (χ2v) is 4.27. The van der Waals surface area contributed by atoms with Gasteiger partial charge in [-0.15, -0.1) is 0 Å². The largest absolute Gasteiger partial charge is 0.323 e. The average Bonchev–Trinajstić information content (AvgIpc) is 2.76. The molecule has 1 unspecified atom stereocenters. The van der Waals surface area contributed by atoms with Crippen molar-refractivity contribution >= 4 is 5.91 Å². The molecule has 0 spiro atoms. The molecule has 1 aromatic rings. The lowest BCUT2D eigenvalue weighted by Gasteiger charge is -2.19. The number of amides is 1. The maximum Gasteiger partial charge on any atom is 0.257 e. The molecule has 0 saturated carbocycles. The third-order valence-corrected chi connectivity index (χ3v) is 3.02. The Morgan fingerprint density at radius 3 is 3.00 bits per heavy atom. The molecule has 0 N–H and O–H groups in total. The van der Waals surface area contributed by atoms with Crippen LogP contribution in [0.5, 0.6) is 0 Å². The van der Waals surface area contributed by atoms with E-state index in [1.54, 1.807) is 13.0 Å². The van der Waals surface area contributed by atoms with Crippen molar-refractivity contribution < 1.29 is 9.18 Å². The SMILES string of the molecule is Cc1ccc(C(=O)N2CCCC2C#N)c(F)c1. The molecule has 1 atom stereocenters. The fraction of sp³-hybridized carbons (Fsp3) is 0.385. The summed E-state index contributed by atoms with van der Waals surface area (Å²) in [7, 11) is 0. The van der Waals surface area contributed by atoms with Gasteiger partial charge in [-0.3, -0.25) is 4.79 Å². The van der Waals surface area contributed by atoms with Gasteiger partial charge < -0.3 is 4.90 Å².